The minimum atomic E-state index is -0.967. The van der Waals surface area contributed by atoms with E-state index in [0.717, 1.165) is 87.8 Å². The maximum Gasteiger partial charge on any atom is 0.262 e. The van der Waals surface area contributed by atoms with Crippen LogP contribution < -0.4 is 20.3 Å². The van der Waals surface area contributed by atoms with Gasteiger partial charge < -0.3 is 19.9 Å². The molecule has 5 amide bonds. The van der Waals surface area contributed by atoms with Crippen LogP contribution in [0.25, 0.3) is 0 Å². The summed E-state index contributed by atoms with van der Waals surface area (Å²) in [5.41, 5.74) is 1.89. The average molecular weight is 875 g/mol. The van der Waals surface area contributed by atoms with Gasteiger partial charge >= 0.3 is 0 Å². The number of halogens is 1. The first kappa shape index (κ1) is 42.9. The highest BCUT2D eigenvalue weighted by Gasteiger charge is 2.64. The third-order valence-corrected chi connectivity index (χ3v) is 15.0. The monoisotopic (exact) mass is 874 g/mol. The molecule has 2 aromatic carbocycles. The van der Waals surface area contributed by atoms with Gasteiger partial charge in [0.25, 0.3) is 17.7 Å². The van der Waals surface area contributed by atoms with Crippen molar-refractivity contribution in [2.75, 3.05) is 50.7 Å². The van der Waals surface area contributed by atoms with Crippen LogP contribution in [0, 0.1) is 28.1 Å². The number of rotatable bonds is 9. The van der Waals surface area contributed by atoms with Crippen LogP contribution in [0.1, 0.15) is 114 Å². The fraction of sp³-hybridized carbons (Fsp3) is 0.521. The number of likely N-dealkylation sites (tertiary alicyclic amines) is 1. The van der Waals surface area contributed by atoms with Crippen molar-refractivity contribution in [3.05, 3.63) is 87.6 Å². The lowest BCUT2D eigenvalue weighted by Crippen LogP contribution is -2.74. The molecule has 0 radical (unpaired) electrons. The van der Waals surface area contributed by atoms with E-state index in [1.165, 1.54) is 0 Å². The number of imide groups is 2. The van der Waals surface area contributed by atoms with Crippen LogP contribution in [0.3, 0.4) is 0 Å². The predicted octanol–water partition coefficient (Wildman–Crippen LogP) is 5.40. The minimum absolute atomic E-state index is 0.0965. The fourth-order valence-electron chi connectivity index (χ4n) is 11.7. The van der Waals surface area contributed by atoms with E-state index in [1.807, 2.05) is 24.3 Å². The van der Waals surface area contributed by atoms with Crippen molar-refractivity contribution in [2.45, 2.75) is 96.4 Å². The smallest absolute Gasteiger partial charge is 0.262 e. The van der Waals surface area contributed by atoms with Gasteiger partial charge in [0.1, 0.15) is 29.8 Å². The molecule has 4 saturated heterocycles. The summed E-state index contributed by atoms with van der Waals surface area (Å²) in [7, 11) is 0. The van der Waals surface area contributed by atoms with Gasteiger partial charge in [-0.3, -0.25) is 39.1 Å². The lowest BCUT2D eigenvalue weighted by atomic mass is 9.49. The summed E-state index contributed by atoms with van der Waals surface area (Å²) in [5.74, 6) is 0.198. The number of hydrogen-bond acceptors (Lipinski definition) is 11. The number of hydrogen-bond donors (Lipinski definition) is 2. The molecule has 0 bridgehead atoms. The summed E-state index contributed by atoms with van der Waals surface area (Å²) in [4.78, 5) is 77.9. The second-order valence-electron chi connectivity index (χ2n) is 19.6. The molecule has 330 valence electrons. The van der Waals surface area contributed by atoms with Gasteiger partial charge in [-0.2, -0.15) is 5.26 Å². The fourth-order valence-corrected chi connectivity index (χ4v) is 11.9. The van der Waals surface area contributed by atoms with Gasteiger partial charge in [-0.1, -0.05) is 45.4 Å². The molecule has 4 atom stereocenters. The number of ether oxygens (including phenoxy) is 1. The first-order valence-corrected chi connectivity index (χ1v) is 22.7. The Labute approximate surface area is 373 Å². The summed E-state index contributed by atoms with van der Waals surface area (Å²) in [6.07, 6.45) is 6.05. The average Bonchev–Trinajstić information content (AvgIpc) is 3.52. The van der Waals surface area contributed by atoms with Gasteiger partial charge in [-0.05, 0) is 92.4 Å². The molecule has 0 spiro atoms. The number of anilines is 1. The molecule has 14 nitrogen and oxygen atoms in total. The molecule has 63 heavy (non-hydrogen) atoms. The van der Waals surface area contributed by atoms with Gasteiger partial charge in [-0.15, -0.1) is 0 Å². The van der Waals surface area contributed by atoms with E-state index < -0.39 is 23.8 Å². The summed E-state index contributed by atoms with van der Waals surface area (Å²) >= 11 is 6.27. The Kier molecular flexibility index (Phi) is 11.3. The lowest BCUT2D eigenvalue weighted by molar-refractivity contribution is -0.164. The first-order chi connectivity index (χ1) is 30.1. The number of nitrogens with one attached hydrogen (secondary N) is 2. The number of pyridine rings is 1. The van der Waals surface area contributed by atoms with Gasteiger partial charge in [-0.25, -0.2) is 4.98 Å². The van der Waals surface area contributed by atoms with Crippen LogP contribution in [-0.2, 0) is 9.59 Å². The molecule has 15 heteroatoms. The highest BCUT2D eigenvalue weighted by atomic mass is 35.5. The first-order valence-electron chi connectivity index (χ1n) is 22.3. The van der Waals surface area contributed by atoms with Crippen LogP contribution in [0.2, 0.25) is 5.02 Å². The zero-order valence-corrected chi connectivity index (χ0v) is 37.1. The molecule has 6 aliphatic rings. The van der Waals surface area contributed by atoms with E-state index in [0.29, 0.717) is 45.0 Å². The molecular formula is C48H55ClN8O6. The summed E-state index contributed by atoms with van der Waals surface area (Å²) in [5, 5.41) is 15.1. The Morgan fingerprint density at radius 3 is 2.44 bits per heavy atom. The normalized spacial score (nSPS) is 28.1. The van der Waals surface area contributed by atoms with E-state index in [2.05, 4.69) is 59.1 Å². The second kappa shape index (κ2) is 16.6. The summed E-state index contributed by atoms with van der Waals surface area (Å²) in [6.45, 7) is 15.1. The maximum atomic E-state index is 13.6. The molecule has 1 saturated carbocycles. The zero-order chi connectivity index (χ0) is 44.4. The summed E-state index contributed by atoms with van der Waals surface area (Å²) in [6, 6.07) is 15.9. The quantitative estimate of drug-likeness (QED) is 0.264. The van der Waals surface area contributed by atoms with E-state index in [4.69, 9.17) is 21.3 Å². The second-order valence-corrected chi connectivity index (χ2v) is 20.0. The van der Waals surface area contributed by atoms with E-state index >= 15 is 0 Å². The third-order valence-electron chi connectivity index (χ3n) is 14.7. The number of nitriles is 1. The number of amides is 5. The van der Waals surface area contributed by atoms with Crippen LogP contribution in [0.4, 0.5) is 5.82 Å². The maximum absolute atomic E-state index is 13.6. The van der Waals surface area contributed by atoms with E-state index in [-0.39, 0.29) is 53.5 Å². The highest BCUT2D eigenvalue weighted by Crippen LogP contribution is 2.55. The van der Waals surface area contributed by atoms with Crippen molar-refractivity contribution in [1.29, 1.82) is 5.26 Å². The van der Waals surface area contributed by atoms with Crippen LogP contribution in [-0.4, -0.2) is 119 Å². The van der Waals surface area contributed by atoms with Crippen molar-refractivity contribution < 1.29 is 28.7 Å². The van der Waals surface area contributed by atoms with Gasteiger partial charge in [0.15, 0.2) is 0 Å². The van der Waals surface area contributed by atoms with Crippen molar-refractivity contribution in [3.63, 3.8) is 0 Å². The number of piperazine rings is 1. The number of fused-ring (bicyclic) bond motifs is 2. The Bertz CT molecular complexity index is 2380. The largest absolute Gasteiger partial charge is 0.489 e. The Hall–Kier alpha value is -5.36. The Morgan fingerprint density at radius 1 is 0.921 bits per heavy atom. The molecule has 1 aliphatic carbocycles. The topological polar surface area (TPSA) is 168 Å². The van der Waals surface area contributed by atoms with Crippen LogP contribution in [0.15, 0.2) is 54.7 Å². The van der Waals surface area contributed by atoms with Crippen LogP contribution in [0.5, 0.6) is 5.75 Å². The van der Waals surface area contributed by atoms with Gasteiger partial charge in [0.05, 0.1) is 27.3 Å². The van der Waals surface area contributed by atoms with Gasteiger partial charge in [0, 0.05) is 80.9 Å². The third kappa shape index (κ3) is 7.97. The van der Waals surface area contributed by atoms with Crippen molar-refractivity contribution in [1.82, 2.24) is 30.3 Å². The standard InChI is InChI=1S/C48H55ClN8O6/c1-47(2)45(48(3,4)46(47)63-34-12-8-30(22-50)37(49)21-34)53-41(59)31-10-15-39(51-23-31)56-19-18-55-25-28(7-11-33(55)27-56)24-54-17-5-6-32(26-54)29-9-13-35-36(20-29)44(62)57(43(35)61)38-14-16-40(58)52-42(38)60/h8-10,12-13,15,20-21,23,28,32-33,38,45-46H,5-7,11,14,16-19,24-27H2,1-4H3,(H,53,59)(H,52,58,60)/t28?,32?,33?,38?,45-,46-. The Morgan fingerprint density at radius 2 is 1.71 bits per heavy atom. The highest BCUT2D eigenvalue weighted by molar-refractivity contribution is 6.31. The zero-order valence-electron chi connectivity index (χ0n) is 36.4. The number of nitrogens with zero attached hydrogens (tertiary/aromatic N) is 6. The molecule has 1 aromatic heterocycles. The van der Waals surface area contributed by atoms with Crippen molar-refractivity contribution in [3.8, 4) is 11.8 Å². The molecule has 9 rings (SSSR count). The van der Waals surface area contributed by atoms with Crippen molar-refractivity contribution >= 4 is 47.0 Å². The van der Waals surface area contributed by atoms with Gasteiger partial charge in [0.2, 0.25) is 11.8 Å². The van der Waals surface area contributed by atoms with Crippen molar-refractivity contribution in [2.24, 2.45) is 16.7 Å². The number of carbonyl (C=O) groups excluding carboxylic acids is 5. The molecule has 5 aliphatic heterocycles. The van der Waals surface area contributed by atoms with Crippen LogP contribution >= 0.6 is 11.6 Å². The number of carbonyl (C=O) groups is 5. The number of piperidine rings is 3. The molecule has 5 fully saturated rings. The minimum Gasteiger partial charge on any atom is -0.489 e. The molecule has 3 aromatic rings. The lowest BCUT2D eigenvalue weighted by Gasteiger charge is -2.63. The number of aromatic nitrogens is 1. The summed E-state index contributed by atoms with van der Waals surface area (Å²) < 4.78 is 6.39. The molecule has 4 unspecified atom stereocenters. The van der Waals surface area contributed by atoms with E-state index in [9.17, 15) is 29.2 Å². The molecule has 6 heterocycles. The molecular weight excluding hydrogens is 820 g/mol. The Balaban J connectivity index is 0.752. The molecule has 2 N–H and O–H groups in total. The number of benzene rings is 2. The van der Waals surface area contributed by atoms with E-state index in [1.54, 1.807) is 30.5 Å². The predicted molar refractivity (Wildman–Crippen MR) is 235 cm³/mol. The SMILES string of the molecule is CC1(C)[C@H](NC(=O)c2ccc(N3CCN4CC(CN5CCCC(c6ccc7c(c6)C(=O)N(C6CCC(=O)NC6=O)C7=O)C5)CCC4C3)nc2)C(C)(C)[C@H]1Oc1ccc(C#N)c(Cl)c1.